The molecule has 2 aromatic carbocycles. The Hall–Kier alpha value is -2.49. The largest absolute Gasteiger partial charge is 0.490 e. The maximum absolute atomic E-state index is 12.5. The number of carbonyl (C=O) groups is 2. The molecule has 2 aromatic rings. The van der Waals surface area contributed by atoms with Crippen molar-refractivity contribution in [1.82, 2.24) is 16.2 Å². The predicted octanol–water partition coefficient (Wildman–Crippen LogP) is 2.74. The second-order valence-corrected chi connectivity index (χ2v) is 7.25. The molecule has 0 unspecified atom stereocenters. The summed E-state index contributed by atoms with van der Waals surface area (Å²) in [6, 6.07) is 14.7. The number of rotatable bonds is 8. The van der Waals surface area contributed by atoms with Crippen LogP contribution >= 0.6 is 28.1 Å². The van der Waals surface area contributed by atoms with Gasteiger partial charge in [-0.15, -0.1) is 0 Å². The van der Waals surface area contributed by atoms with E-state index < -0.39 is 5.91 Å². The van der Waals surface area contributed by atoms with Gasteiger partial charge in [0.2, 0.25) is 5.91 Å². The second-order valence-electron chi connectivity index (χ2n) is 5.92. The average molecular weight is 480 g/mol. The zero-order valence-corrected chi connectivity index (χ0v) is 18.3. The van der Waals surface area contributed by atoms with Gasteiger partial charge in [-0.2, -0.15) is 0 Å². The van der Waals surface area contributed by atoms with E-state index in [0.717, 1.165) is 10.0 Å². The fourth-order valence-corrected chi connectivity index (χ4v) is 2.84. The van der Waals surface area contributed by atoms with Crippen molar-refractivity contribution in [2.45, 2.75) is 12.8 Å². The van der Waals surface area contributed by atoms with Gasteiger partial charge in [-0.1, -0.05) is 46.3 Å². The van der Waals surface area contributed by atoms with Crippen molar-refractivity contribution >= 4 is 45.1 Å². The number of carbonyl (C=O) groups excluding carboxylic acids is 2. The highest BCUT2D eigenvalue weighted by Gasteiger charge is 2.15. The molecule has 0 bridgehead atoms. The fraction of sp³-hybridized carbons (Fsp3) is 0.250. The molecule has 0 saturated heterocycles. The number of benzene rings is 2. The number of hydrogen-bond acceptors (Lipinski definition) is 5. The molecular formula is C20H22BrN3O4S. The van der Waals surface area contributed by atoms with Gasteiger partial charge in [0.15, 0.2) is 5.11 Å². The smallest absolute Gasteiger partial charge is 0.261 e. The van der Waals surface area contributed by atoms with Gasteiger partial charge in [-0.25, -0.2) is 0 Å². The van der Waals surface area contributed by atoms with Gasteiger partial charge in [0, 0.05) is 18.0 Å². The molecule has 0 spiro atoms. The summed E-state index contributed by atoms with van der Waals surface area (Å²) in [4.78, 5) is 24.5. The molecule has 0 aliphatic heterocycles. The Morgan fingerprint density at radius 3 is 2.55 bits per heavy atom. The molecule has 154 valence electrons. The van der Waals surface area contributed by atoms with Crippen molar-refractivity contribution in [2.24, 2.45) is 0 Å². The Morgan fingerprint density at radius 2 is 1.83 bits per heavy atom. The van der Waals surface area contributed by atoms with Gasteiger partial charge in [0.05, 0.1) is 12.2 Å². The Labute approximate surface area is 183 Å². The van der Waals surface area contributed by atoms with E-state index in [1.165, 1.54) is 0 Å². The summed E-state index contributed by atoms with van der Waals surface area (Å²) in [7, 11) is 1.57. The van der Waals surface area contributed by atoms with Crippen LogP contribution in [0.3, 0.4) is 0 Å². The van der Waals surface area contributed by atoms with Crippen LogP contribution in [0.5, 0.6) is 5.75 Å². The van der Waals surface area contributed by atoms with E-state index in [2.05, 4.69) is 32.1 Å². The number of halogens is 1. The number of nitrogens with one attached hydrogen (secondary N) is 3. The van der Waals surface area contributed by atoms with E-state index in [1.54, 1.807) is 25.3 Å². The van der Waals surface area contributed by atoms with Gasteiger partial charge in [0.25, 0.3) is 5.91 Å². The van der Waals surface area contributed by atoms with E-state index in [1.807, 2.05) is 30.3 Å². The summed E-state index contributed by atoms with van der Waals surface area (Å²) in [6.45, 7) is 0.699. The molecule has 2 rings (SSSR count). The van der Waals surface area contributed by atoms with Crippen molar-refractivity contribution in [3.63, 3.8) is 0 Å². The van der Waals surface area contributed by atoms with Crippen molar-refractivity contribution in [1.29, 1.82) is 0 Å². The lowest BCUT2D eigenvalue weighted by molar-refractivity contribution is -0.121. The molecule has 0 saturated carbocycles. The molecule has 0 atom stereocenters. The van der Waals surface area contributed by atoms with Crippen molar-refractivity contribution in [3.8, 4) is 5.75 Å². The van der Waals surface area contributed by atoms with Gasteiger partial charge < -0.3 is 9.47 Å². The molecule has 0 aliphatic carbocycles. The van der Waals surface area contributed by atoms with Crippen LogP contribution in [0.15, 0.2) is 53.0 Å². The molecule has 2 amide bonds. The van der Waals surface area contributed by atoms with Crippen LogP contribution in [0.4, 0.5) is 0 Å². The van der Waals surface area contributed by atoms with Crippen LogP contribution in [-0.4, -0.2) is 37.3 Å². The zero-order valence-electron chi connectivity index (χ0n) is 15.9. The lowest BCUT2D eigenvalue weighted by atomic mass is 10.1. The highest BCUT2D eigenvalue weighted by atomic mass is 79.9. The van der Waals surface area contributed by atoms with Crippen LogP contribution in [0.2, 0.25) is 0 Å². The number of aryl methyl sites for hydroxylation is 1. The number of methoxy groups -OCH3 is 1. The Kier molecular flexibility index (Phi) is 9.55. The van der Waals surface area contributed by atoms with Crippen LogP contribution < -0.4 is 20.9 Å². The summed E-state index contributed by atoms with van der Waals surface area (Å²) in [5.74, 6) is -0.302. The lowest BCUT2D eigenvalue weighted by Gasteiger charge is -2.14. The van der Waals surface area contributed by atoms with Gasteiger partial charge in [-0.3, -0.25) is 25.8 Å². The first-order valence-electron chi connectivity index (χ1n) is 8.85. The summed E-state index contributed by atoms with van der Waals surface area (Å²) < 4.78 is 11.2. The zero-order chi connectivity index (χ0) is 21.1. The van der Waals surface area contributed by atoms with E-state index in [0.29, 0.717) is 30.9 Å². The summed E-state index contributed by atoms with van der Waals surface area (Å²) in [6.07, 6.45) is 0.893. The summed E-state index contributed by atoms with van der Waals surface area (Å²) >= 11 is 8.41. The van der Waals surface area contributed by atoms with Crippen LogP contribution in [0.25, 0.3) is 0 Å². The third-order valence-corrected chi connectivity index (χ3v) is 4.45. The van der Waals surface area contributed by atoms with E-state index in [4.69, 9.17) is 21.7 Å². The van der Waals surface area contributed by atoms with Gasteiger partial charge >= 0.3 is 0 Å². The molecule has 7 nitrogen and oxygen atoms in total. The third-order valence-electron chi connectivity index (χ3n) is 3.76. The molecule has 0 fully saturated rings. The van der Waals surface area contributed by atoms with Crippen LogP contribution in [0.1, 0.15) is 22.3 Å². The number of thiocarbonyl (C=S) groups is 1. The first kappa shape index (κ1) is 22.8. The molecule has 0 radical (unpaired) electrons. The minimum Gasteiger partial charge on any atom is -0.490 e. The van der Waals surface area contributed by atoms with Crippen molar-refractivity contribution in [2.75, 3.05) is 20.3 Å². The van der Waals surface area contributed by atoms with E-state index in [9.17, 15) is 9.59 Å². The highest BCUT2D eigenvalue weighted by molar-refractivity contribution is 9.10. The molecule has 29 heavy (non-hydrogen) atoms. The predicted molar refractivity (Wildman–Crippen MR) is 118 cm³/mol. The molecule has 0 heterocycles. The minimum atomic E-state index is -0.463. The summed E-state index contributed by atoms with van der Waals surface area (Å²) in [5, 5.41) is 2.50. The number of amides is 2. The monoisotopic (exact) mass is 479 g/mol. The molecule has 9 heteroatoms. The summed E-state index contributed by atoms with van der Waals surface area (Å²) in [5.41, 5.74) is 6.37. The van der Waals surface area contributed by atoms with E-state index in [-0.39, 0.29) is 17.4 Å². The first-order chi connectivity index (χ1) is 14.0. The standard InChI is InChI=1S/C20H22BrN3O4S/c1-27-11-12-28-17-9-8-15(21)13-16(17)19(26)22-20(29)24-23-18(25)10-7-14-5-3-2-4-6-14/h2-6,8-9,13H,7,10-12H2,1H3,(H,23,25)(H2,22,24,26,29). The third kappa shape index (κ3) is 8.18. The van der Waals surface area contributed by atoms with Crippen LogP contribution in [0, 0.1) is 0 Å². The number of ether oxygens (including phenoxy) is 2. The molecule has 0 aromatic heterocycles. The molecule has 0 aliphatic rings. The second kappa shape index (κ2) is 12.2. The Balaban J connectivity index is 1.83. The SMILES string of the molecule is COCCOc1ccc(Br)cc1C(=O)NC(=S)NNC(=O)CCc1ccccc1. The first-order valence-corrected chi connectivity index (χ1v) is 10.0. The van der Waals surface area contributed by atoms with Gasteiger partial charge in [-0.05, 0) is 42.4 Å². The van der Waals surface area contributed by atoms with Crippen molar-refractivity contribution < 1.29 is 19.1 Å². The van der Waals surface area contributed by atoms with Crippen molar-refractivity contribution in [3.05, 3.63) is 64.1 Å². The molecule has 3 N–H and O–H groups in total. The van der Waals surface area contributed by atoms with Gasteiger partial charge in [0.1, 0.15) is 12.4 Å². The number of hydrazine groups is 1. The fourth-order valence-electron chi connectivity index (χ4n) is 2.33. The maximum atomic E-state index is 12.5. The number of hydrogen-bond donors (Lipinski definition) is 3. The lowest BCUT2D eigenvalue weighted by Crippen LogP contribution is -2.48. The topological polar surface area (TPSA) is 88.7 Å². The van der Waals surface area contributed by atoms with Crippen LogP contribution in [-0.2, 0) is 16.0 Å². The minimum absolute atomic E-state index is 0.0223. The average Bonchev–Trinajstić information content (AvgIpc) is 2.72. The molecular weight excluding hydrogens is 458 g/mol. The Bertz CT molecular complexity index is 849. The quantitative estimate of drug-likeness (QED) is 0.306. The maximum Gasteiger partial charge on any atom is 0.261 e. The Morgan fingerprint density at radius 1 is 1.07 bits per heavy atom. The highest BCUT2D eigenvalue weighted by Crippen LogP contribution is 2.23. The normalized spacial score (nSPS) is 10.1. The van der Waals surface area contributed by atoms with E-state index >= 15 is 0 Å².